The van der Waals surface area contributed by atoms with Crippen LogP contribution in [0.15, 0.2) is 41.8 Å². The maximum Gasteiger partial charge on any atom is 0.0681 e. The molecule has 16 heavy (non-hydrogen) atoms. The largest absolute Gasteiger partial charge is 0.392 e. The van der Waals surface area contributed by atoms with Crippen molar-refractivity contribution in [3.8, 4) is 0 Å². The Bertz CT molecular complexity index is 292. The van der Waals surface area contributed by atoms with E-state index in [9.17, 15) is 0 Å². The van der Waals surface area contributed by atoms with E-state index in [1.54, 1.807) is 0 Å². The second-order valence-electron chi connectivity index (χ2n) is 3.79. The van der Waals surface area contributed by atoms with Crippen LogP contribution in [0.4, 0.5) is 0 Å². The molecule has 0 fully saturated rings. The quantitative estimate of drug-likeness (QED) is 0.418. The van der Waals surface area contributed by atoms with Gasteiger partial charge in [0.2, 0.25) is 0 Å². The molecule has 0 aliphatic rings. The van der Waals surface area contributed by atoms with Gasteiger partial charge in [0.1, 0.15) is 0 Å². The maximum atomic E-state index is 8.91. The van der Waals surface area contributed by atoms with Crippen molar-refractivity contribution >= 4 is 11.8 Å². The van der Waals surface area contributed by atoms with Crippen LogP contribution >= 0.6 is 11.8 Å². The Hall–Kier alpha value is -0.730. The average Bonchev–Trinajstić information content (AvgIpc) is 2.34. The standard InChI is InChI=1S/C14H20OS/c1-2-3-4-5-6-11-16-14-9-7-13(12-15)8-10-14/h2,7-10,15H,1,3-6,11-12H2. The second kappa shape index (κ2) is 8.43. The summed E-state index contributed by atoms with van der Waals surface area (Å²) in [7, 11) is 0. The van der Waals surface area contributed by atoms with Crippen LogP contribution in [0.5, 0.6) is 0 Å². The van der Waals surface area contributed by atoms with Gasteiger partial charge < -0.3 is 5.11 Å². The highest BCUT2D eigenvalue weighted by atomic mass is 32.2. The molecule has 0 heterocycles. The molecule has 0 bridgehead atoms. The summed E-state index contributed by atoms with van der Waals surface area (Å²) >= 11 is 1.89. The molecule has 0 saturated heterocycles. The van der Waals surface area contributed by atoms with E-state index in [1.807, 2.05) is 30.0 Å². The lowest BCUT2D eigenvalue weighted by molar-refractivity contribution is 0.282. The van der Waals surface area contributed by atoms with Crippen molar-refractivity contribution < 1.29 is 5.11 Å². The van der Waals surface area contributed by atoms with Gasteiger partial charge in [-0.25, -0.2) is 0 Å². The number of benzene rings is 1. The fourth-order valence-electron chi connectivity index (χ4n) is 1.45. The maximum absolute atomic E-state index is 8.91. The van der Waals surface area contributed by atoms with Crippen molar-refractivity contribution in [3.63, 3.8) is 0 Å². The average molecular weight is 236 g/mol. The highest BCUT2D eigenvalue weighted by Gasteiger charge is 1.95. The molecule has 0 aliphatic carbocycles. The number of unbranched alkanes of at least 4 members (excludes halogenated alkanes) is 3. The van der Waals surface area contributed by atoms with E-state index in [2.05, 4.69) is 18.7 Å². The number of hydrogen-bond donors (Lipinski definition) is 1. The molecule has 1 N–H and O–H groups in total. The van der Waals surface area contributed by atoms with Gasteiger partial charge in [-0.1, -0.05) is 24.6 Å². The summed E-state index contributed by atoms with van der Waals surface area (Å²) in [6.45, 7) is 3.85. The third kappa shape index (κ3) is 5.38. The smallest absolute Gasteiger partial charge is 0.0681 e. The minimum atomic E-state index is 0.131. The summed E-state index contributed by atoms with van der Waals surface area (Å²) in [6.07, 6.45) is 6.93. The minimum Gasteiger partial charge on any atom is -0.392 e. The predicted octanol–water partition coefficient (Wildman–Crippen LogP) is 4.02. The highest BCUT2D eigenvalue weighted by Crippen LogP contribution is 2.20. The van der Waals surface area contributed by atoms with Crippen LogP contribution in [0.2, 0.25) is 0 Å². The molecule has 1 rings (SSSR count). The lowest BCUT2D eigenvalue weighted by atomic mass is 10.2. The third-order valence-electron chi connectivity index (χ3n) is 2.43. The SMILES string of the molecule is C=CCCCCCSc1ccc(CO)cc1. The molecule has 88 valence electrons. The van der Waals surface area contributed by atoms with Crippen LogP contribution < -0.4 is 0 Å². The van der Waals surface area contributed by atoms with Crippen LogP contribution in [0, 0.1) is 0 Å². The van der Waals surface area contributed by atoms with E-state index in [0.29, 0.717) is 0 Å². The Morgan fingerprint density at radius 3 is 2.50 bits per heavy atom. The first-order chi connectivity index (χ1) is 7.86. The van der Waals surface area contributed by atoms with Crippen molar-refractivity contribution in [3.05, 3.63) is 42.5 Å². The number of hydrogen-bond acceptors (Lipinski definition) is 2. The van der Waals surface area contributed by atoms with Crippen LogP contribution in [-0.4, -0.2) is 10.9 Å². The van der Waals surface area contributed by atoms with Gasteiger partial charge in [0.05, 0.1) is 6.61 Å². The summed E-state index contributed by atoms with van der Waals surface area (Å²) in [6, 6.07) is 8.14. The molecular weight excluding hydrogens is 216 g/mol. The fraction of sp³-hybridized carbons (Fsp3) is 0.429. The molecule has 0 aliphatic heterocycles. The van der Waals surface area contributed by atoms with Gasteiger partial charge >= 0.3 is 0 Å². The number of thioether (sulfide) groups is 1. The molecule has 1 aromatic rings. The summed E-state index contributed by atoms with van der Waals surface area (Å²) < 4.78 is 0. The van der Waals surface area contributed by atoms with E-state index in [-0.39, 0.29) is 6.61 Å². The molecule has 0 radical (unpaired) electrons. The molecular formula is C14H20OS. The fourth-order valence-corrected chi connectivity index (χ4v) is 2.36. The molecule has 0 amide bonds. The predicted molar refractivity (Wildman–Crippen MR) is 71.8 cm³/mol. The van der Waals surface area contributed by atoms with Gasteiger partial charge in [0.25, 0.3) is 0 Å². The Morgan fingerprint density at radius 2 is 1.88 bits per heavy atom. The number of allylic oxidation sites excluding steroid dienone is 1. The zero-order valence-corrected chi connectivity index (χ0v) is 10.5. The van der Waals surface area contributed by atoms with E-state index in [4.69, 9.17) is 5.11 Å². The lowest BCUT2D eigenvalue weighted by Crippen LogP contribution is -1.84. The van der Waals surface area contributed by atoms with Gasteiger partial charge in [0, 0.05) is 4.90 Å². The van der Waals surface area contributed by atoms with Crippen molar-refractivity contribution in [1.29, 1.82) is 0 Å². The number of aliphatic hydroxyl groups is 1. The van der Waals surface area contributed by atoms with E-state index >= 15 is 0 Å². The normalized spacial score (nSPS) is 10.3. The molecule has 0 unspecified atom stereocenters. The lowest BCUT2D eigenvalue weighted by Gasteiger charge is -2.02. The molecule has 1 nitrogen and oxygen atoms in total. The summed E-state index contributed by atoms with van der Waals surface area (Å²) in [5.41, 5.74) is 0.982. The third-order valence-corrected chi connectivity index (χ3v) is 3.53. The Labute approximate surface area is 103 Å². The van der Waals surface area contributed by atoms with Gasteiger partial charge in [-0.2, -0.15) is 0 Å². The van der Waals surface area contributed by atoms with Gasteiger partial charge in [-0.15, -0.1) is 18.3 Å². The topological polar surface area (TPSA) is 20.2 Å². The van der Waals surface area contributed by atoms with Crippen molar-refractivity contribution in [2.24, 2.45) is 0 Å². The zero-order chi connectivity index (χ0) is 11.6. The van der Waals surface area contributed by atoms with Crippen molar-refractivity contribution in [2.45, 2.75) is 37.2 Å². The first-order valence-corrected chi connectivity index (χ1v) is 6.79. The van der Waals surface area contributed by atoms with Crippen molar-refractivity contribution in [1.82, 2.24) is 0 Å². The molecule has 0 spiro atoms. The molecule has 0 saturated carbocycles. The number of aliphatic hydroxyl groups excluding tert-OH is 1. The minimum absolute atomic E-state index is 0.131. The summed E-state index contributed by atoms with van der Waals surface area (Å²) in [4.78, 5) is 1.29. The number of rotatable bonds is 8. The van der Waals surface area contributed by atoms with E-state index in [0.717, 1.165) is 12.0 Å². The van der Waals surface area contributed by atoms with Crippen LogP contribution in [0.1, 0.15) is 31.2 Å². The highest BCUT2D eigenvalue weighted by molar-refractivity contribution is 7.99. The van der Waals surface area contributed by atoms with Gasteiger partial charge in [0.15, 0.2) is 0 Å². The zero-order valence-electron chi connectivity index (χ0n) is 9.69. The second-order valence-corrected chi connectivity index (χ2v) is 4.96. The van der Waals surface area contributed by atoms with Crippen LogP contribution in [0.25, 0.3) is 0 Å². The molecule has 2 heteroatoms. The molecule has 1 aromatic carbocycles. The van der Waals surface area contributed by atoms with Crippen molar-refractivity contribution in [2.75, 3.05) is 5.75 Å². The van der Waals surface area contributed by atoms with Gasteiger partial charge in [-0.05, 0) is 42.7 Å². The monoisotopic (exact) mass is 236 g/mol. The van der Waals surface area contributed by atoms with E-state index in [1.165, 1.54) is 29.9 Å². The summed E-state index contributed by atoms with van der Waals surface area (Å²) in [5, 5.41) is 8.91. The molecule has 0 aromatic heterocycles. The Morgan fingerprint density at radius 1 is 1.12 bits per heavy atom. The summed E-state index contributed by atoms with van der Waals surface area (Å²) in [5.74, 6) is 1.18. The van der Waals surface area contributed by atoms with Crippen LogP contribution in [0.3, 0.4) is 0 Å². The molecule has 0 atom stereocenters. The first kappa shape index (κ1) is 13.3. The Kier molecular flexibility index (Phi) is 7.02. The Balaban J connectivity index is 2.14. The van der Waals surface area contributed by atoms with Gasteiger partial charge in [-0.3, -0.25) is 0 Å². The first-order valence-electron chi connectivity index (χ1n) is 5.80. The van der Waals surface area contributed by atoms with E-state index < -0.39 is 0 Å². The van der Waals surface area contributed by atoms with Crippen LogP contribution in [-0.2, 0) is 6.61 Å².